The first-order valence-electron chi connectivity index (χ1n) is 5.70. The summed E-state index contributed by atoms with van der Waals surface area (Å²) in [5.41, 5.74) is 0. The Morgan fingerprint density at radius 1 is 1.31 bits per heavy atom. The van der Waals surface area contributed by atoms with Gasteiger partial charge in [0, 0.05) is 12.6 Å². The number of aliphatic hydroxyl groups excluding tert-OH is 1. The quantitative estimate of drug-likeness (QED) is 0.708. The minimum Gasteiger partial charge on any atom is -0.392 e. The third kappa shape index (κ3) is 3.28. The van der Waals surface area contributed by atoms with Crippen LogP contribution in [0.25, 0.3) is 0 Å². The Labute approximate surface area is 81.9 Å². The topological polar surface area (TPSA) is 23.5 Å². The monoisotopic (exact) mass is 185 g/mol. The van der Waals surface area contributed by atoms with Gasteiger partial charge in [-0.05, 0) is 25.8 Å². The molecule has 13 heavy (non-hydrogen) atoms. The second-order valence-electron chi connectivity index (χ2n) is 4.09. The molecular weight excluding hydrogens is 162 g/mol. The third-order valence-corrected chi connectivity index (χ3v) is 3.16. The van der Waals surface area contributed by atoms with Gasteiger partial charge in [-0.2, -0.15) is 0 Å². The van der Waals surface area contributed by atoms with Gasteiger partial charge in [0.2, 0.25) is 0 Å². The van der Waals surface area contributed by atoms with Crippen molar-refractivity contribution in [3.8, 4) is 0 Å². The second-order valence-corrected chi connectivity index (χ2v) is 4.09. The van der Waals surface area contributed by atoms with Gasteiger partial charge in [0.1, 0.15) is 0 Å². The minimum atomic E-state index is -0.124. The van der Waals surface area contributed by atoms with Gasteiger partial charge < -0.3 is 5.11 Å². The first kappa shape index (κ1) is 11.0. The second kappa shape index (κ2) is 5.61. The highest BCUT2D eigenvalue weighted by Crippen LogP contribution is 2.23. The Morgan fingerprint density at radius 3 is 2.38 bits per heavy atom. The summed E-state index contributed by atoms with van der Waals surface area (Å²) in [5, 5.41) is 9.58. The fourth-order valence-electron chi connectivity index (χ4n) is 2.21. The Kier molecular flexibility index (Phi) is 4.74. The summed E-state index contributed by atoms with van der Waals surface area (Å²) >= 11 is 0. The van der Waals surface area contributed by atoms with E-state index in [0.717, 1.165) is 25.6 Å². The molecule has 1 aliphatic rings. The molecule has 0 aromatic rings. The van der Waals surface area contributed by atoms with Gasteiger partial charge in [-0.1, -0.05) is 26.7 Å². The van der Waals surface area contributed by atoms with Crippen LogP contribution >= 0.6 is 0 Å². The summed E-state index contributed by atoms with van der Waals surface area (Å²) in [7, 11) is 0. The standard InChI is InChI=1S/C11H23NO/c1-3-11(13)9-12(4-2)10-7-5-6-8-10/h10-11,13H,3-9H2,1-2H3. The number of hydrogen-bond acceptors (Lipinski definition) is 2. The molecule has 1 fully saturated rings. The highest BCUT2D eigenvalue weighted by Gasteiger charge is 2.22. The summed E-state index contributed by atoms with van der Waals surface area (Å²) in [6.07, 6.45) is 6.19. The van der Waals surface area contributed by atoms with Gasteiger partial charge in [-0.25, -0.2) is 0 Å². The van der Waals surface area contributed by atoms with E-state index < -0.39 is 0 Å². The van der Waals surface area contributed by atoms with Crippen LogP contribution in [-0.4, -0.2) is 35.2 Å². The van der Waals surface area contributed by atoms with Gasteiger partial charge in [0.05, 0.1) is 6.10 Å². The molecule has 1 N–H and O–H groups in total. The van der Waals surface area contributed by atoms with Crippen molar-refractivity contribution in [2.45, 2.75) is 58.1 Å². The smallest absolute Gasteiger partial charge is 0.0664 e. The Hall–Kier alpha value is -0.0800. The fourth-order valence-corrected chi connectivity index (χ4v) is 2.21. The summed E-state index contributed by atoms with van der Waals surface area (Å²) in [5.74, 6) is 0. The SMILES string of the molecule is CCC(O)CN(CC)C1CCCC1. The predicted molar refractivity (Wildman–Crippen MR) is 55.8 cm³/mol. The molecule has 0 aliphatic heterocycles. The normalized spacial score (nSPS) is 21.2. The van der Waals surface area contributed by atoms with Crippen LogP contribution in [0.1, 0.15) is 46.0 Å². The number of likely N-dealkylation sites (N-methyl/N-ethyl adjacent to an activating group) is 1. The van der Waals surface area contributed by atoms with Gasteiger partial charge in [-0.3, -0.25) is 4.90 Å². The van der Waals surface area contributed by atoms with E-state index in [1.54, 1.807) is 0 Å². The maximum atomic E-state index is 9.58. The van der Waals surface area contributed by atoms with Crippen LogP contribution in [0.3, 0.4) is 0 Å². The average molecular weight is 185 g/mol. The molecule has 2 nitrogen and oxygen atoms in total. The molecule has 1 unspecified atom stereocenters. The summed E-state index contributed by atoms with van der Waals surface area (Å²) < 4.78 is 0. The molecule has 2 heteroatoms. The van der Waals surface area contributed by atoms with Crippen LogP contribution < -0.4 is 0 Å². The third-order valence-electron chi connectivity index (χ3n) is 3.16. The molecule has 0 spiro atoms. The van der Waals surface area contributed by atoms with Crippen molar-refractivity contribution in [2.75, 3.05) is 13.1 Å². The number of aliphatic hydroxyl groups is 1. The lowest BCUT2D eigenvalue weighted by Crippen LogP contribution is -2.38. The lowest BCUT2D eigenvalue weighted by molar-refractivity contribution is 0.0888. The van der Waals surface area contributed by atoms with Crippen molar-refractivity contribution in [3.63, 3.8) is 0 Å². The largest absolute Gasteiger partial charge is 0.392 e. The van der Waals surface area contributed by atoms with Crippen LogP contribution in [0, 0.1) is 0 Å². The molecule has 0 aromatic heterocycles. The predicted octanol–water partition coefficient (Wildman–Crippen LogP) is 2.02. The molecular formula is C11H23NO. The Morgan fingerprint density at radius 2 is 1.92 bits per heavy atom. The first-order valence-corrected chi connectivity index (χ1v) is 5.70. The maximum absolute atomic E-state index is 9.58. The zero-order valence-electron chi connectivity index (χ0n) is 9.00. The van der Waals surface area contributed by atoms with Crippen LogP contribution in [0.15, 0.2) is 0 Å². The van der Waals surface area contributed by atoms with Gasteiger partial charge in [-0.15, -0.1) is 0 Å². The van der Waals surface area contributed by atoms with Crippen LogP contribution in [-0.2, 0) is 0 Å². The van der Waals surface area contributed by atoms with E-state index in [4.69, 9.17) is 0 Å². The number of nitrogens with zero attached hydrogens (tertiary/aromatic N) is 1. The maximum Gasteiger partial charge on any atom is 0.0664 e. The first-order chi connectivity index (χ1) is 6.27. The molecule has 1 aliphatic carbocycles. The van der Waals surface area contributed by atoms with Gasteiger partial charge in [0.25, 0.3) is 0 Å². The molecule has 78 valence electrons. The molecule has 0 amide bonds. The minimum absolute atomic E-state index is 0.124. The highest BCUT2D eigenvalue weighted by atomic mass is 16.3. The molecule has 0 aromatic carbocycles. The molecule has 0 bridgehead atoms. The van der Waals surface area contributed by atoms with Crippen LogP contribution in [0.4, 0.5) is 0 Å². The van der Waals surface area contributed by atoms with Gasteiger partial charge in [0.15, 0.2) is 0 Å². The summed E-state index contributed by atoms with van der Waals surface area (Å²) in [6, 6.07) is 0.756. The van der Waals surface area contributed by atoms with Crippen LogP contribution in [0.2, 0.25) is 0 Å². The average Bonchev–Trinajstić information content (AvgIpc) is 2.66. The Balaban J connectivity index is 2.32. The molecule has 0 heterocycles. The summed E-state index contributed by atoms with van der Waals surface area (Å²) in [6.45, 7) is 6.20. The summed E-state index contributed by atoms with van der Waals surface area (Å²) in [4.78, 5) is 2.45. The highest BCUT2D eigenvalue weighted by molar-refractivity contribution is 4.78. The molecule has 0 radical (unpaired) electrons. The zero-order valence-corrected chi connectivity index (χ0v) is 9.00. The molecule has 1 saturated carbocycles. The van der Waals surface area contributed by atoms with Crippen molar-refractivity contribution >= 4 is 0 Å². The lowest BCUT2D eigenvalue weighted by Gasteiger charge is -2.29. The molecule has 1 rings (SSSR count). The van der Waals surface area contributed by atoms with Crippen LogP contribution in [0.5, 0.6) is 0 Å². The van der Waals surface area contributed by atoms with Crippen molar-refractivity contribution in [2.24, 2.45) is 0 Å². The van der Waals surface area contributed by atoms with E-state index in [-0.39, 0.29) is 6.10 Å². The van der Waals surface area contributed by atoms with E-state index in [1.807, 2.05) is 6.92 Å². The van der Waals surface area contributed by atoms with E-state index in [2.05, 4.69) is 11.8 Å². The Bertz CT molecular complexity index is 132. The number of rotatable bonds is 5. The van der Waals surface area contributed by atoms with E-state index in [0.29, 0.717) is 0 Å². The lowest BCUT2D eigenvalue weighted by atomic mass is 10.1. The zero-order chi connectivity index (χ0) is 9.68. The van der Waals surface area contributed by atoms with Crippen molar-refractivity contribution in [1.29, 1.82) is 0 Å². The van der Waals surface area contributed by atoms with Crippen molar-refractivity contribution < 1.29 is 5.11 Å². The molecule has 1 atom stereocenters. The molecule has 0 saturated heterocycles. The number of hydrogen-bond donors (Lipinski definition) is 1. The van der Waals surface area contributed by atoms with E-state index >= 15 is 0 Å². The van der Waals surface area contributed by atoms with Crippen molar-refractivity contribution in [1.82, 2.24) is 4.90 Å². The fraction of sp³-hybridized carbons (Fsp3) is 1.00. The van der Waals surface area contributed by atoms with Crippen molar-refractivity contribution in [3.05, 3.63) is 0 Å². The van der Waals surface area contributed by atoms with Gasteiger partial charge >= 0.3 is 0 Å². The van der Waals surface area contributed by atoms with E-state index in [1.165, 1.54) is 25.7 Å². The van der Waals surface area contributed by atoms with E-state index in [9.17, 15) is 5.11 Å².